The van der Waals surface area contributed by atoms with E-state index in [0.717, 1.165) is 27.8 Å². The minimum atomic E-state index is -0.146. The fourth-order valence-electron chi connectivity index (χ4n) is 2.87. The van der Waals surface area contributed by atoms with E-state index < -0.39 is 0 Å². The minimum absolute atomic E-state index is 0.146. The van der Waals surface area contributed by atoms with Crippen molar-refractivity contribution in [2.24, 2.45) is 5.10 Å². The van der Waals surface area contributed by atoms with E-state index in [2.05, 4.69) is 55.7 Å². The van der Waals surface area contributed by atoms with Gasteiger partial charge in [-0.2, -0.15) is 5.10 Å². The molecule has 0 aliphatic carbocycles. The third-order valence-electron chi connectivity index (χ3n) is 4.42. The number of carbonyl (C=O) groups excluding carboxylic acids is 1. The molecule has 30 heavy (non-hydrogen) atoms. The largest absolute Gasteiger partial charge is 0.493 e. The van der Waals surface area contributed by atoms with Crippen LogP contribution in [0.5, 0.6) is 11.5 Å². The average molecular weight is 635 g/mol. The number of nitrogens with one attached hydrogen (secondary N) is 1. The predicted octanol–water partition coefficient (Wildman–Crippen LogP) is 3.27. The lowest BCUT2D eigenvalue weighted by atomic mass is 10.2. The van der Waals surface area contributed by atoms with E-state index in [1.807, 2.05) is 41.3 Å². The maximum absolute atomic E-state index is 12.0. The zero-order valence-corrected chi connectivity index (χ0v) is 20.9. The third-order valence-corrected chi connectivity index (χ3v) is 5.94. The van der Waals surface area contributed by atoms with Gasteiger partial charge >= 0.3 is 0 Å². The number of amides is 1. The second-order valence-electron chi connectivity index (χ2n) is 6.63. The lowest BCUT2D eigenvalue weighted by molar-refractivity contribution is -0.123. The van der Waals surface area contributed by atoms with Crippen LogP contribution >= 0.6 is 45.2 Å². The van der Waals surface area contributed by atoms with Crippen LogP contribution in [0.4, 0.5) is 0 Å². The fourth-order valence-corrected chi connectivity index (χ4v) is 4.01. The maximum atomic E-state index is 12.0. The SMILES string of the molecule is COc1cc(/C=N/NC(=O)CN2CCOCC2)cc(I)c1OCc1ccc(I)cc1. The van der Waals surface area contributed by atoms with Gasteiger partial charge in [0.1, 0.15) is 6.61 Å². The van der Waals surface area contributed by atoms with E-state index in [-0.39, 0.29) is 5.91 Å². The van der Waals surface area contributed by atoms with Crippen LogP contribution in [0.15, 0.2) is 41.5 Å². The van der Waals surface area contributed by atoms with E-state index in [0.29, 0.717) is 37.9 Å². The molecule has 0 unspecified atom stereocenters. The summed E-state index contributed by atoms with van der Waals surface area (Å²) in [6, 6.07) is 12.0. The van der Waals surface area contributed by atoms with Crippen molar-refractivity contribution in [3.63, 3.8) is 0 Å². The van der Waals surface area contributed by atoms with Gasteiger partial charge in [0.05, 0.1) is 36.7 Å². The summed E-state index contributed by atoms with van der Waals surface area (Å²) >= 11 is 4.49. The number of carbonyl (C=O) groups is 1. The molecule has 160 valence electrons. The topological polar surface area (TPSA) is 72.4 Å². The molecule has 9 heteroatoms. The van der Waals surface area contributed by atoms with Gasteiger partial charge in [0.15, 0.2) is 11.5 Å². The van der Waals surface area contributed by atoms with E-state index in [9.17, 15) is 4.79 Å². The number of rotatable bonds is 8. The van der Waals surface area contributed by atoms with Crippen molar-refractivity contribution in [1.82, 2.24) is 10.3 Å². The first-order chi connectivity index (χ1) is 14.5. The quantitative estimate of drug-likeness (QED) is 0.274. The Bertz CT molecular complexity index is 885. The molecule has 7 nitrogen and oxygen atoms in total. The van der Waals surface area contributed by atoms with Crippen molar-refractivity contribution in [3.05, 3.63) is 54.7 Å². The summed E-state index contributed by atoms with van der Waals surface area (Å²) in [5.74, 6) is 1.16. The second kappa shape index (κ2) is 11.8. The molecule has 1 fully saturated rings. The number of ether oxygens (including phenoxy) is 3. The van der Waals surface area contributed by atoms with Gasteiger partial charge in [0, 0.05) is 16.7 Å². The van der Waals surface area contributed by atoms with Crippen molar-refractivity contribution >= 4 is 57.3 Å². The van der Waals surface area contributed by atoms with Gasteiger partial charge < -0.3 is 14.2 Å². The molecule has 1 heterocycles. The highest BCUT2D eigenvalue weighted by molar-refractivity contribution is 14.1. The summed E-state index contributed by atoms with van der Waals surface area (Å²) in [5, 5.41) is 4.07. The van der Waals surface area contributed by atoms with Crippen molar-refractivity contribution in [2.75, 3.05) is 40.0 Å². The summed E-state index contributed by atoms with van der Waals surface area (Å²) in [7, 11) is 1.61. The Labute approximate surface area is 203 Å². The van der Waals surface area contributed by atoms with Gasteiger partial charge in [-0.05, 0) is 80.6 Å². The molecule has 1 aliphatic heterocycles. The van der Waals surface area contributed by atoms with Gasteiger partial charge in [-0.15, -0.1) is 0 Å². The van der Waals surface area contributed by atoms with E-state index in [4.69, 9.17) is 14.2 Å². The molecule has 0 aromatic heterocycles. The number of morpholine rings is 1. The Kier molecular flexibility index (Phi) is 9.15. The number of hydrogen-bond acceptors (Lipinski definition) is 6. The normalized spacial score (nSPS) is 14.6. The van der Waals surface area contributed by atoms with Crippen molar-refractivity contribution < 1.29 is 19.0 Å². The second-order valence-corrected chi connectivity index (χ2v) is 9.04. The number of halogens is 2. The summed E-state index contributed by atoms with van der Waals surface area (Å²) in [6.07, 6.45) is 1.60. The molecule has 1 N–H and O–H groups in total. The Morgan fingerprint density at radius 2 is 1.97 bits per heavy atom. The molecule has 0 spiro atoms. The molecule has 1 amide bonds. The Balaban J connectivity index is 1.59. The van der Waals surface area contributed by atoms with Gasteiger partial charge in [-0.1, -0.05) is 12.1 Å². The first-order valence-corrected chi connectivity index (χ1v) is 11.6. The van der Waals surface area contributed by atoms with Gasteiger partial charge in [-0.25, -0.2) is 5.43 Å². The fraction of sp³-hybridized carbons (Fsp3) is 0.333. The van der Waals surface area contributed by atoms with Crippen molar-refractivity contribution in [1.29, 1.82) is 0 Å². The molecular weight excluding hydrogens is 612 g/mol. The molecule has 1 aliphatic rings. The van der Waals surface area contributed by atoms with E-state index in [1.54, 1.807) is 13.3 Å². The summed E-state index contributed by atoms with van der Waals surface area (Å²) in [6.45, 7) is 3.60. The highest BCUT2D eigenvalue weighted by Crippen LogP contribution is 2.34. The summed E-state index contributed by atoms with van der Waals surface area (Å²) in [5.41, 5.74) is 4.47. The van der Waals surface area contributed by atoms with E-state index >= 15 is 0 Å². The smallest absolute Gasteiger partial charge is 0.254 e. The monoisotopic (exact) mass is 635 g/mol. The molecule has 1 saturated heterocycles. The number of methoxy groups -OCH3 is 1. The number of nitrogens with zero attached hydrogens (tertiary/aromatic N) is 2. The highest BCUT2D eigenvalue weighted by atomic mass is 127. The standard InChI is InChI=1S/C21H23I2N3O4/c1-28-19-11-16(12-24-25-20(27)13-26-6-8-29-9-7-26)10-18(23)21(19)30-14-15-2-4-17(22)5-3-15/h2-5,10-12H,6-9,13-14H2,1H3,(H,25,27)/b24-12+. The van der Waals surface area contributed by atoms with Crippen LogP contribution in [0.3, 0.4) is 0 Å². The van der Waals surface area contributed by atoms with Crippen LogP contribution in [0.1, 0.15) is 11.1 Å². The van der Waals surface area contributed by atoms with Crippen LogP contribution in [-0.4, -0.2) is 57.0 Å². The molecule has 0 atom stereocenters. The average Bonchev–Trinajstić information content (AvgIpc) is 2.74. The minimum Gasteiger partial charge on any atom is -0.493 e. The van der Waals surface area contributed by atoms with Crippen LogP contribution in [0.2, 0.25) is 0 Å². The van der Waals surface area contributed by atoms with Crippen molar-refractivity contribution in [3.8, 4) is 11.5 Å². The van der Waals surface area contributed by atoms with Crippen LogP contribution in [0, 0.1) is 7.14 Å². The first kappa shape index (κ1) is 23.2. The molecule has 3 rings (SSSR count). The molecule has 0 radical (unpaired) electrons. The molecule has 0 bridgehead atoms. The molecule has 2 aromatic rings. The molecule has 0 saturated carbocycles. The van der Waals surface area contributed by atoms with Crippen molar-refractivity contribution in [2.45, 2.75) is 6.61 Å². The lowest BCUT2D eigenvalue weighted by Crippen LogP contribution is -2.42. The summed E-state index contributed by atoms with van der Waals surface area (Å²) in [4.78, 5) is 14.1. The Morgan fingerprint density at radius 3 is 2.67 bits per heavy atom. The zero-order chi connectivity index (χ0) is 21.3. The van der Waals surface area contributed by atoms with Crippen LogP contribution in [-0.2, 0) is 16.1 Å². The number of hydrazone groups is 1. The van der Waals surface area contributed by atoms with Gasteiger partial charge in [0.2, 0.25) is 0 Å². The number of hydrogen-bond donors (Lipinski definition) is 1. The zero-order valence-electron chi connectivity index (χ0n) is 16.6. The summed E-state index contributed by atoms with van der Waals surface area (Å²) < 4.78 is 18.9. The third kappa shape index (κ3) is 7.06. The van der Waals surface area contributed by atoms with Gasteiger partial charge in [0.25, 0.3) is 5.91 Å². The number of benzene rings is 2. The maximum Gasteiger partial charge on any atom is 0.254 e. The predicted molar refractivity (Wildman–Crippen MR) is 132 cm³/mol. The molecule has 2 aromatic carbocycles. The lowest BCUT2D eigenvalue weighted by Gasteiger charge is -2.25. The van der Waals surface area contributed by atoms with Crippen LogP contribution < -0.4 is 14.9 Å². The van der Waals surface area contributed by atoms with E-state index in [1.165, 1.54) is 3.57 Å². The van der Waals surface area contributed by atoms with Gasteiger partial charge in [-0.3, -0.25) is 9.69 Å². The van der Waals surface area contributed by atoms with Crippen LogP contribution in [0.25, 0.3) is 0 Å². The highest BCUT2D eigenvalue weighted by Gasteiger charge is 2.14. The Morgan fingerprint density at radius 1 is 1.23 bits per heavy atom. The first-order valence-electron chi connectivity index (χ1n) is 9.42. The molecular formula is C21H23I2N3O4. The Hall–Kier alpha value is -1.44.